The second kappa shape index (κ2) is 4.39. The molecule has 100 valence electrons. The highest BCUT2D eigenvalue weighted by Gasteiger charge is 2.29. The van der Waals surface area contributed by atoms with E-state index in [-0.39, 0.29) is 6.61 Å². The Kier molecular flexibility index (Phi) is 2.54. The first kappa shape index (κ1) is 11.6. The van der Waals surface area contributed by atoms with E-state index in [1.165, 1.54) is 0 Å². The minimum Gasteiger partial charge on any atom is -0.488 e. The summed E-state index contributed by atoms with van der Waals surface area (Å²) in [5.41, 5.74) is 4.33. The molecule has 0 amide bonds. The molecule has 0 aromatic carbocycles. The van der Waals surface area contributed by atoms with Crippen molar-refractivity contribution < 1.29 is 14.6 Å². The number of ether oxygens (including phenoxy) is 2. The molecule has 0 atom stereocenters. The number of allylic oxidation sites excluding steroid dienone is 9. The van der Waals surface area contributed by atoms with Gasteiger partial charge in [-0.3, -0.25) is 0 Å². The molecule has 2 heterocycles. The fourth-order valence-electron chi connectivity index (χ4n) is 2.80. The molecule has 2 aliphatic heterocycles. The summed E-state index contributed by atoms with van der Waals surface area (Å²) >= 11 is 0. The fraction of sp³-hybridized carbons (Fsp3) is 0.176. The molecule has 0 fully saturated rings. The fourth-order valence-corrected chi connectivity index (χ4v) is 2.80. The number of rotatable bonds is 1. The highest BCUT2D eigenvalue weighted by atomic mass is 16.5. The molecule has 0 aromatic rings. The van der Waals surface area contributed by atoms with E-state index < -0.39 is 0 Å². The second-order valence-corrected chi connectivity index (χ2v) is 4.99. The lowest BCUT2D eigenvalue weighted by atomic mass is 10.0. The lowest BCUT2D eigenvalue weighted by Crippen LogP contribution is -2.06. The Morgan fingerprint density at radius 2 is 2.00 bits per heavy atom. The van der Waals surface area contributed by atoms with Gasteiger partial charge >= 0.3 is 0 Å². The molecule has 0 aromatic heterocycles. The molecular weight excluding hydrogens is 252 g/mol. The molecule has 0 saturated heterocycles. The predicted molar refractivity (Wildman–Crippen MR) is 75.3 cm³/mol. The number of aliphatic hydroxyl groups excluding tert-OH is 1. The summed E-state index contributed by atoms with van der Waals surface area (Å²) in [6.07, 6.45) is 15.1. The van der Waals surface area contributed by atoms with Gasteiger partial charge in [-0.15, -0.1) is 0 Å². The lowest BCUT2D eigenvalue weighted by molar-refractivity contribution is 0.215. The van der Waals surface area contributed by atoms with Gasteiger partial charge in [0, 0.05) is 16.7 Å². The zero-order valence-electron chi connectivity index (χ0n) is 10.9. The van der Waals surface area contributed by atoms with Crippen molar-refractivity contribution in [3.8, 4) is 0 Å². The number of aliphatic hydroxyl groups is 1. The van der Waals surface area contributed by atoms with Gasteiger partial charge in [0.15, 0.2) is 0 Å². The third-order valence-corrected chi connectivity index (χ3v) is 3.74. The van der Waals surface area contributed by atoms with Crippen LogP contribution in [0.3, 0.4) is 0 Å². The van der Waals surface area contributed by atoms with Gasteiger partial charge in [-0.1, -0.05) is 24.3 Å². The average molecular weight is 266 g/mol. The molecule has 0 radical (unpaired) electrons. The molecule has 1 N–H and O–H groups in total. The van der Waals surface area contributed by atoms with E-state index in [2.05, 4.69) is 24.3 Å². The van der Waals surface area contributed by atoms with Crippen LogP contribution in [0.25, 0.3) is 0 Å². The van der Waals surface area contributed by atoms with Crippen molar-refractivity contribution in [2.45, 2.75) is 6.42 Å². The molecule has 0 bridgehead atoms. The maximum Gasteiger partial charge on any atom is 0.138 e. The van der Waals surface area contributed by atoms with Crippen LogP contribution in [0, 0.1) is 0 Å². The van der Waals surface area contributed by atoms with E-state index >= 15 is 0 Å². The van der Waals surface area contributed by atoms with Crippen molar-refractivity contribution in [1.29, 1.82) is 0 Å². The van der Waals surface area contributed by atoms with Gasteiger partial charge in [0.2, 0.25) is 0 Å². The van der Waals surface area contributed by atoms with E-state index in [0.29, 0.717) is 12.4 Å². The summed E-state index contributed by atoms with van der Waals surface area (Å²) in [4.78, 5) is 0. The van der Waals surface area contributed by atoms with Crippen LogP contribution in [-0.2, 0) is 9.47 Å². The highest BCUT2D eigenvalue weighted by Crippen LogP contribution is 2.42. The van der Waals surface area contributed by atoms with Gasteiger partial charge in [0.1, 0.15) is 30.5 Å². The van der Waals surface area contributed by atoms with Gasteiger partial charge in [0.25, 0.3) is 0 Å². The summed E-state index contributed by atoms with van der Waals surface area (Å²) in [5, 5.41) is 9.27. The van der Waals surface area contributed by atoms with Crippen molar-refractivity contribution in [3.63, 3.8) is 0 Å². The Labute approximate surface area is 117 Å². The van der Waals surface area contributed by atoms with Crippen LogP contribution in [-0.4, -0.2) is 18.3 Å². The molecule has 4 aliphatic rings. The molecular formula is C17H14O3. The highest BCUT2D eigenvalue weighted by molar-refractivity contribution is 5.68. The van der Waals surface area contributed by atoms with E-state index in [1.807, 2.05) is 18.2 Å². The first-order valence-corrected chi connectivity index (χ1v) is 6.72. The zero-order valence-corrected chi connectivity index (χ0v) is 10.9. The first-order chi connectivity index (χ1) is 9.86. The molecule has 2 aliphatic carbocycles. The van der Waals surface area contributed by atoms with Crippen LogP contribution < -0.4 is 0 Å². The maximum absolute atomic E-state index is 9.27. The van der Waals surface area contributed by atoms with Crippen LogP contribution in [0.15, 0.2) is 82.1 Å². The van der Waals surface area contributed by atoms with Gasteiger partial charge in [-0.25, -0.2) is 0 Å². The van der Waals surface area contributed by atoms with Crippen LogP contribution in [0.4, 0.5) is 0 Å². The summed E-state index contributed by atoms with van der Waals surface area (Å²) in [6, 6.07) is 0. The van der Waals surface area contributed by atoms with Crippen molar-refractivity contribution in [1.82, 2.24) is 0 Å². The van der Waals surface area contributed by atoms with Crippen molar-refractivity contribution in [2.75, 3.05) is 13.2 Å². The van der Waals surface area contributed by atoms with Gasteiger partial charge in [-0.05, 0) is 30.2 Å². The number of fused-ring (bicyclic) bond motifs is 3. The minimum absolute atomic E-state index is 0.0904. The largest absolute Gasteiger partial charge is 0.488 e. The molecule has 4 rings (SSSR count). The third-order valence-electron chi connectivity index (χ3n) is 3.74. The Morgan fingerprint density at radius 1 is 1.05 bits per heavy atom. The van der Waals surface area contributed by atoms with E-state index in [9.17, 15) is 5.11 Å². The molecule has 20 heavy (non-hydrogen) atoms. The normalized spacial score (nSPS) is 22.9. The van der Waals surface area contributed by atoms with Crippen LogP contribution in [0.1, 0.15) is 6.42 Å². The molecule has 0 unspecified atom stereocenters. The van der Waals surface area contributed by atoms with E-state index in [0.717, 1.165) is 40.2 Å². The molecule has 0 spiro atoms. The predicted octanol–water partition coefficient (Wildman–Crippen LogP) is 2.81. The van der Waals surface area contributed by atoms with Crippen LogP contribution in [0.5, 0.6) is 0 Å². The van der Waals surface area contributed by atoms with Crippen LogP contribution in [0.2, 0.25) is 0 Å². The third kappa shape index (κ3) is 1.63. The summed E-state index contributed by atoms with van der Waals surface area (Å²) < 4.78 is 11.6. The van der Waals surface area contributed by atoms with Crippen molar-refractivity contribution in [2.24, 2.45) is 0 Å². The Morgan fingerprint density at radius 3 is 2.90 bits per heavy atom. The van der Waals surface area contributed by atoms with Gasteiger partial charge in [-0.2, -0.15) is 0 Å². The molecule has 3 heteroatoms. The average Bonchev–Trinajstić information content (AvgIpc) is 2.77. The monoisotopic (exact) mass is 266 g/mol. The number of hydrogen-bond donors (Lipinski definition) is 1. The molecule has 3 nitrogen and oxygen atoms in total. The minimum atomic E-state index is -0.0904. The summed E-state index contributed by atoms with van der Waals surface area (Å²) in [6.45, 7) is 0.519. The zero-order chi connectivity index (χ0) is 13.5. The Balaban J connectivity index is 1.91. The Hall–Kier alpha value is -2.26. The standard InChI is InChI=1S/C17H14O3/c18-10-13-7-6-11-3-1-5-14-15(17(11)20-13)9-12-4-2-8-19-16(12)14/h1-2,4-7,9,18H,3,8,10H2. The number of hydrogen-bond acceptors (Lipinski definition) is 3. The topological polar surface area (TPSA) is 38.7 Å². The van der Waals surface area contributed by atoms with E-state index in [4.69, 9.17) is 9.47 Å². The quantitative estimate of drug-likeness (QED) is 0.793. The van der Waals surface area contributed by atoms with Crippen molar-refractivity contribution in [3.05, 3.63) is 82.1 Å². The van der Waals surface area contributed by atoms with Gasteiger partial charge < -0.3 is 14.6 Å². The first-order valence-electron chi connectivity index (χ1n) is 6.72. The second-order valence-electron chi connectivity index (χ2n) is 4.99. The molecule has 0 saturated carbocycles. The summed E-state index contributed by atoms with van der Waals surface area (Å²) in [7, 11) is 0. The maximum atomic E-state index is 9.27. The smallest absolute Gasteiger partial charge is 0.138 e. The van der Waals surface area contributed by atoms with Crippen molar-refractivity contribution >= 4 is 0 Å². The SMILES string of the molecule is OCC1=CC=C2CC=CC3=C4OCC=CC4=CC3=C2O1. The lowest BCUT2D eigenvalue weighted by Gasteiger charge is -2.19. The van der Waals surface area contributed by atoms with E-state index in [1.54, 1.807) is 0 Å². The van der Waals surface area contributed by atoms with Gasteiger partial charge in [0.05, 0.1) is 0 Å². The van der Waals surface area contributed by atoms with Crippen LogP contribution >= 0.6 is 0 Å². The summed E-state index contributed by atoms with van der Waals surface area (Å²) in [5.74, 6) is 2.34. The Bertz CT molecular complexity index is 694.